The van der Waals surface area contributed by atoms with E-state index < -0.39 is 5.97 Å². The number of carboxylic acids is 1. The summed E-state index contributed by atoms with van der Waals surface area (Å²) in [5.74, 6) is -0.747. The molecule has 1 saturated carbocycles. The van der Waals surface area contributed by atoms with Crippen LogP contribution < -0.4 is 0 Å². The highest BCUT2D eigenvalue weighted by molar-refractivity contribution is 7.13. The molecule has 7 heteroatoms. The maximum atomic E-state index is 12.3. The van der Waals surface area contributed by atoms with Gasteiger partial charge in [-0.3, -0.25) is 4.79 Å². The molecule has 1 amide bonds. The first-order chi connectivity index (χ1) is 13.9. The molecule has 162 valence electrons. The number of aliphatic hydroxyl groups is 1. The maximum absolute atomic E-state index is 12.3. The number of thiophene rings is 1. The van der Waals surface area contributed by atoms with Crippen molar-refractivity contribution in [2.24, 2.45) is 5.41 Å². The first kappa shape index (κ1) is 22.2. The Morgan fingerprint density at radius 1 is 1.41 bits per heavy atom. The minimum Gasteiger partial charge on any atom is -0.477 e. The summed E-state index contributed by atoms with van der Waals surface area (Å²) in [6.07, 6.45) is 8.36. The lowest BCUT2D eigenvalue weighted by atomic mass is 9.62. The molecule has 29 heavy (non-hydrogen) atoms. The topological polar surface area (TPSA) is 87.1 Å². The van der Waals surface area contributed by atoms with Crippen molar-refractivity contribution in [1.29, 1.82) is 0 Å². The molecule has 3 rings (SSSR count). The monoisotopic (exact) mass is 423 g/mol. The van der Waals surface area contributed by atoms with E-state index in [1.807, 2.05) is 4.90 Å². The van der Waals surface area contributed by atoms with Crippen molar-refractivity contribution in [1.82, 2.24) is 4.90 Å². The standard InChI is InChI=1S/C22H33NO5S/c1-2-10-22(11-4-12-22)19(24)5-3-13-23-16(6-9-20(23)25)14-28-15-17-7-8-18(29-17)21(26)27/h7-8,16,19,24H,2-6,9-15H2,1H3,(H,26,27)/t16-,19+/m1/s1. The molecule has 1 aliphatic heterocycles. The van der Waals surface area contributed by atoms with Crippen LogP contribution in [0.15, 0.2) is 12.1 Å². The zero-order chi connectivity index (χ0) is 20.9. The lowest BCUT2D eigenvalue weighted by Crippen LogP contribution is -2.42. The second-order valence-electron chi connectivity index (χ2n) is 8.49. The molecule has 0 bridgehead atoms. The second kappa shape index (κ2) is 10.0. The number of likely N-dealkylation sites (tertiary alicyclic amines) is 1. The van der Waals surface area contributed by atoms with Gasteiger partial charge in [0.2, 0.25) is 5.91 Å². The molecular weight excluding hydrogens is 390 g/mol. The first-order valence-electron chi connectivity index (χ1n) is 10.8. The Morgan fingerprint density at radius 2 is 2.21 bits per heavy atom. The predicted molar refractivity (Wildman–Crippen MR) is 112 cm³/mol. The molecule has 2 aliphatic rings. The van der Waals surface area contributed by atoms with E-state index in [0.717, 1.165) is 49.8 Å². The Kier molecular flexibility index (Phi) is 7.71. The summed E-state index contributed by atoms with van der Waals surface area (Å²) in [5.41, 5.74) is 0.127. The zero-order valence-electron chi connectivity index (χ0n) is 17.3. The molecule has 1 aromatic heterocycles. The average molecular weight is 424 g/mol. The molecule has 0 spiro atoms. The van der Waals surface area contributed by atoms with Gasteiger partial charge < -0.3 is 19.8 Å². The van der Waals surface area contributed by atoms with Crippen LogP contribution in [0.2, 0.25) is 0 Å². The van der Waals surface area contributed by atoms with Gasteiger partial charge in [-0.2, -0.15) is 0 Å². The van der Waals surface area contributed by atoms with Crippen molar-refractivity contribution >= 4 is 23.2 Å². The van der Waals surface area contributed by atoms with Gasteiger partial charge in [-0.25, -0.2) is 4.79 Å². The quantitative estimate of drug-likeness (QED) is 0.529. The van der Waals surface area contributed by atoms with E-state index >= 15 is 0 Å². The summed E-state index contributed by atoms with van der Waals surface area (Å²) in [6, 6.07) is 3.45. The summed E-state index contributed by atoms with van der Waals surface area (Å²) < 4.78 is 5.79. The predicted octanol–water partition coefficient (Wildman–Crippen LogP) is 4.07. The number of ether oxygens (including phenoxy) is 1. The van der Waals surface area contributed by atoms with Crippen LogP contribution in [0.5, 0.6) is 0 Å². The van der Waals surface area contributed by atoms with Crippen LogP contribution >= 0.6 is 11.3 Å². The number of carboxylic acid groups (broad SMARTS) is 1. The van der Waals surface area contributed by atoms with Crippen LogP contribution in [-0.4, -0.2) is 52.3 Å². The number of aromatic carboxylic acids is 1. The Morgan fingerprint density at radius 3 is 2.83 bits per heavy atom. The molecule has 2 heterocycles. The summed E-state index contributed by atoms with van der Waals surface area (Å²) in [6.45, 7) is 3.69. The fourth-order valence-electron chi connectivity index (χ4n) is 4.78. The highest BCUT2D eigenvalue weighted by atomic mass is 32.1. The van der Waals surface area contributed by atoms with E-state index in [2.05, 4.69) is 6.92 Å². The Balaban J connectivity index is 1.42. The molecular formula is C22H33NO5S. The molecule has 0 unspecified atom stereocenters. The summed E-state index contributed by atoms with van der Waals surface area (Å²) in [7, 11) is 0. The fraction of sp³-hybridized carbons (Fsp3) is 0.727. The molecule has 1 aliphatic carbocycles. The number of nitrogens with zero attached hydrogens (tertiary/aromatic N) is 1. The number of aliphatic hydroxyl groups excluding tert-OH is 1. The van der Waals surface area contributed by atoms with Crippen LogP contribution in [0, 0.1) is 5.41 Å². The highest BCUT2D eigenvalue weighted by Crippen LogP contribution is 2.48. The molecule has 0 radical (unpaired) electrons. The van der Waals surface area contributed by atoms with Gasteiger partial charge in [-0.1, -0.05) is 19.8 Å². The van der Waals surface area contributed by atoms with Crippen molar-refractivity contribution < 1.29 is 24.5 Å². The van der Waals surface area contributed by atoms with E-state index in [1.165, 1.54) is 17.8 Å². The Hall–Kier alpha value is -1.44. The third-order valence-corrected chi connectivity index (χ3v) is 7.61. The number of rotatable bonds is 12. The molecule has 1 saturated heterocycles. The third-order valence-electron chi connectivity index (χ3n) is 6.56. The van der Waals surface area contributed by atoms with Crippen LogP contribution in [0.3, 0.4) is 0 Å². The normalized spacial score (nSPS) is 21.9. The van der Waals surface area contributed by atoms with E-state index in [0.29, 0.717) is 31.1 Å². The van der Waals surface area contributed by atoms with Crippen LogP contribution in [-0.2, 0) is 16.1 Å². The van der Waals surface area contributed by atoms with Crippen molar-refractivity contribution in [3.8, 4) is 0 Å². The lowest BCUT2D eigenvalue weighted by Gasteiger charge is -2.46. The molecule has 2 fully saturated rings. The van der Waals surface area contributed by atoms with Crippen LogP contribution in [0.4, 0.5) is 0 Å². The van der Waals surface area contributed by atoms with Crippen LogP contribution in [0.25, 0.3) is 0 Å². The van der Waals surface area contributed by atoms with Crippen molar-refractivity contribution in [3.05, 3.63) is 21.9 Å². The largest absolute Gasteiger partial charge is 0.477 e. The van der Waals surface area contributed by atoms with E-state index in [1.54, 1.807) is 12.1 Å². The fourth-order valence-corrected chi connectivity index (χ4v) is 5.56. The molecule has 6 nitrogen and oxygen atoms in total. The smallest absolute Gasteiger partial charge is 0.345 e. The van der Waals surface area contributed by atoms with Crippen molar-refractivity contribution in [2.45, 2.75) is 83.5 Å². The van der Waals surface area contributed by atoms with Gasteiger partial charge in [0, 0.05) is 17.8 Å². The number of carbonyl (C=O) groups excluding carboxylic acids is 1. The summed E-state index contributed by atoms with van der Waals surface area (Å²) in [4.78, 5) is 26.3. The minimum atomic E-state index is -0.918. The maximum Gasteiger partial charge on any atom is 0.345 e. The van der Waals surface area contributed by atoms with E-state index in [-0.39, 0.29) is 23.5 Å². The number of amides is 1. The lowest BCUT2D eigenvalue weighted by molar-refractivity contribution is -0.130. The average Bonchev–Trinajstić information content (AvgIpc) is 3.26. The number of hydrogen-bond donors (Lipinski definition) is 2. The molecule has 2 N–H and O–H groups in total. The van der Waals surface area contributed by atoms with E-state index in [4.69, 9.17) is 9.84 Å². The van der Waals surface area contributed by atoms with Gasteiger partial charge in [0.25, 0.3) is 0 Å². The zero-order valence-corrected chi connectivity index (χ0v) is 18.1. The third kappa shape index (κ3) is 5.38. The number of carbonyl (C=O) groups is 2. The molecule has 1 aromatic rings. The second-order valence-corrected chi connectivity index (χ2v) is 9.66. The van der Waals surface area contributed by atoms with Crippen molar-refractivity contribution in [3.63, 3.8) is 0 Å². The minimum absolute atomic E-state index is 0.0758. The summed E-state index contributed by atoms with van der Waals surface area (Å²) in [5, 5.41) is 19.7. The molecule has 2 atom stereocenters. The first-order valence-corrected chi connectivity index (χ1v) is 11.6. The van der Waals surface area contributed by atoms with Crippen LogP contribution in [0.1, 0.15) is 79.3 Å². The van der Waals surface area contributed by atoms with Gasteiger partial charge in [0.1, 0.15) is 4.88 Å². The highest BCUT2D eigenvalue weighted by Gasteiger charge is 2.42. The van der Waals surface area contributed by atoms with Gasteiger partial charge in [-0.15, -0.1) is 11.3 Å². The van der Waals surface area contributed by atoms with Gasteiger partial charge in [-0.05, 0) is 56.1 Å². The Bertz CT molecular complexity index is 699. The Labute approximate surface area is 176 Å². The SMILES string of the molecule is CCCC1([C@@H](O)CCCN2C(=O)CC[C@@H]2COCc2ccc(C(=O)O)s2)CCC1. The summed E-state index contributed by atoms with van der Waals surface area (Å²) >= 11 is 1.22. The molecule has 0 aromatic carbocycles. The van der Waals surface area contributed by atoms with Gasteiger partial charge in [0.15, 0.2) is 0 Å². The van der Waals surface area contributed by atoms with Gasteiger partial charge in [0.05, 0.1) is 25.4 Å². The van der Waals surface area contributed by atoms with Crippen molar-refractivity contribution in [2.75, 3.05) is 13.2 Å². The van der Waals surface area contributed by atoms with Gasteiger partial charge >= 0.3 is 5.97 Å². The van der Waals surface area contributed by atoms with E-state index in [9.17, 15) is 14.7 Å². The number of hydrogen-bond acceptors (Lipinski definition) is 5.